The zero-order valence-corrected chi connectivity index (χ0v) is 17.7. The summed E-state index contributed by atoms with van der Waals surface area (Å²) in [5, 5.41) is 4.97. The molecule has 2 N–H and O–H groups in total. The molecule has 32 heavy (non-hydrogen) atoms. The zero-order valence-electron chi connectivity index (χ0n) is 17.7. The Morgan fingerprint density at radius 2 is 1.47 bits per heavy atom. The van der Waals surface area contributed by atoms with Gasteiger partial charge in [-0.25, -0.2) is 9.59 Å². The molecular weight excluding hydrogens is 418 g/mol. The van der Waals surface area contributed by atoms with E-state index in [0.717, 1.165) is 5.69 Å². The first-order valence-corrected chi connectivity index (χ1v) is 9.79. The largest absolute Gasteiger partial charge is 0.465 e. The van der Waals surface area contributed by atoms with Crippen LogP contribution in [0.4, 0.5) is 17.1 Å². The van der Waals surface area contributed by atoms with Crippen LogP contribution in [0, 0.1) is 0 Å². The van der Waals surface area contributed by atoms with E-state index in [2.05, 4.69) is 15.4 Å². The highest BCUT2D eigenvalue weighted by molar-refractivity contribution is 6.44. The number of benzene rings is 2. The summed E-state index contributed by atoms with van der Waals surface area (Å²) >= 11 is 0. The predicted molar refractivity (Wildman–Crippen MR) is 116 cm³/mol. The predicted octanol–water partition coefficient (Wildman–Crippen LogP) is 1.67. The van der Waals surface area contributed by atoms with E-state index in [-0.39, 0.29) is 16.8 Å². The monoisotopic (exact) mass is 441 g/mol. The van der Waals surface area contributed by atoms with Crippen LogP contribution in [0.1, 0.15) is 20.7 Å². The maximum Gasteiger partial charge on any atom is 0.339 e. The number of rotatable bonds is 5. The molecule has 2 aromatic rings. The van der Waals surface area contributed by atoms with Gasteiger partial charge in [-0.2, -0.15) is 0 Å². The second-order valence-electron chi connectivity index (χ2n) is 6.77. The summed E-state index contributed by atoms with van der Waals surface area (Å²) in [5.41, 5.74) is 1.25. The summed E-state index contributed by atoms with van der Waals surface area (Å²) in [7, 11) is 2.38. The van der Waals surface area contributed by atoms with E-state index < -0.39 is 23.8 Å². The Morgan fingerprint density at radius 3 is 2.12 bits per heavy atom. The van der Waals surface area contributed by atoms with Gasteiger partial charge >= 0.3 is 23.8 Å². The van der Waals surface area contributed by atoms with E-state index >= 15 is 0 Å². The highest BCUT2D eigenvalue weighted by Crippen LogP contribution is 2.26. The molecule has 0 saturated carbocycles. The molecule has 1 heterocycles. The quantitative estimate of drug-likeness (QED) is 0.531. The fraction of sp³-hybridized carbons (Fsp3) is 0.273. The molecular formula is C22H23N3O7. The van der Waals surface area contributed by atoms with Crippen molar-refractivity contribution in [2.75, 3.05) is 56.1 Å². The van der Waals surface area contributed by atoms with Crippen molar-refractivity contribution in [2.24, 2.45) is 0 Å². The minimum atomic E-state index is -1.02. The number of methoxy groups -OCH3 is 2. The summed E-state index contributed by atoms with van der Waals surface area (Å²) in [6.45, 7) is 2.44. The van der Waals surface area contributed by atoms with Crippen molar-refractivity contribution in [3.8, 4) is 0 Å². The van der Waals surface area contributed by atoms with Crippen molar-refractivity contribution in [1.29, 1.82) is 0 Å². The number of carbonyl (C=O) groups excluding carboxylic acids is 4. The minimum Gasteiger partial charge on any atom is -0.465 e. The first-order valence-electron chi connectivity index (χ1n) is 9.79. The second-order valence-corrected chi connectivity index (χ2v) is 6.77. The summed E-state index contributed by atoms with van der Waals surface area (Å²) < 4.78 is 14.7. The van der Waals surface area contributed by atoms with E-state index in [9.17, 15) is 19.2 Å². The molecule has 1 aliphatic rings. The number of nitrogens with zero attached hydrogens (tertiary/aromatic N) is 1. The van der Waals surface area contributed by atoms with Gasteiger partial charge in [-0.05, 0) is 30.3 Å². The number of carbonyl (C=O) groups is 4. The maximum absolute atomic E-state index is 12.6. The van der Waals surface area contributed by atoms with Gasteiger partial charge in [-0.1, -0.05) is 12.1 Å². The van der Waals surface area contributed by atoms with E-state index in [1.165, 1.54) is 32.4 Å². The van der Waals surface area contributed by atoms with Gasteiger partial charge in [-0.15, -0.1) is 0 Å². The van der Waals surface area contributed by atoms with Crippen LogP contribution < -0.4 is 15.5 Å². The number of amides is 2. The molecule has 10 nitrogen and oxygen atoms in total. The smallest absolute Gasteiger partial charge is 0.339 e. The lowest BCUT2D eigenvalue weighted by atomic mass is 10.1. The Kier molecular flexibility index (Phi) is 7.40. The number of morpholine rings is 1. The fourth-order valence-corrected chi connectivity index (χ4v) is 3.20. The minimum absolute atomic E-state index is 0.0185. The SMILES string of the molecule is COC(=O)c1ccc(C(=O)OC)c(NC(=O)C(=O)Nc2ccccc2N2CCOCC2)c1. The average molecular weight is 441 g/mol. The second kappa shape index (κ2) is 10.4. The fourth-order valence-electron chi connectivity index (χ4n) is 3.20. The number of esters is 2. The van der Waals surface area contributed by atoms with Crippen LogP contribution in [0.5, 0.6) is 0 Å². The Balaban J connectivity index is 1.80. The summed E-state index contributed by atoms with van der Waals surface area (Å²) in [6, 6.07) is 11.0. The van der Waals surface area contributed by atoms with Crippen molar-refractivity contribution in [2.45, 2.75) is 0 Å². The average Bonchev–Trinajstić information content (AvgIpc) is 2.83. The van der Waals surface area contributed by atoms with Gasteiger partial charge in [0.15, 0.2) is 0 Å². The number of hydrogen-bond acceptors (Lipinski definition) is 8. The van der Waals surface area contributed by atoms with E-state index in [1.54, 1.807) is 12.1 Å². The summed E-state index contributed by atoms with van der Waals surface area (Å²) in [6.07, 6.45) is 0. The lowest BCUT2D eigenvalue weighted by Gasteiger charge is -2.30. The van der Waals surface area contributed by atoms with E-state index in [1.807, 2.05) is 17.0 Å². The van der Waals surface area contributed by atoms with Gasteiger partial charge in [-0.3, -0.25) is 9.59 Å². The highest BCUT2D eigenvalue weighted by atomic mass is 16.5. The molecule has 0 aliphatic carbocycles. The number of ether oxygens (including phenoxy) is 3. The van der Waals surface area contributed by atoms with Crippen molar-refractivity contribution in [1.82, 2.24) is 0 Å². The van der Waals surface area contributed by atoms with E-state index in [0.29, 0.717) is 32.0 Å². The van der Waals surface area contributed by atoms with Gasteiger partial charge in [0.1, 0.15) is 0 Å². The molecule has 1 saturated heterocycles. The van der Waals surface area contributed by atoms with Gasteiger partial charge in [0.05, 0.1) is 55.6 Å². The van der Waals surface area contributed by atoms with Crippen molar-refractivity contribution < 1.29 is 33.4 Å². The Hall–Kier alpha value is -3.92. The molecule has 0 atom stereocenters. The standard InChI is InChI=1S/C22H23N3O7/c1-30-21(28)14-7-8-15(22(29)31-2)17(13-14)24-20(27)19(26)23-16-5-3-4-6-18(16)25-9-11-32-12-10-25/h3-8,13H,9-12H2,1-2H3,(H,23,26)(H,24,27). The molecule has 3 rings (SSSR count). The Labute approximate surface area is 184 Å². The lowest BCUT2D eigenvalue weighted by Crippen LogP contribution is -2.37. The topological polar surface area (TPSA) is 123 Å². The first-order chi connectivity index (χ1) is 15.4. The number of nitrogens with one attached hydrogen (secondary N) is 2. The molecule has 10 heteroatoms. The molecule has 0 aromatic heterocycles. The molecule has 1 aliphatic heterocycles. The van der Waals surface area contributed by atoms with Crippen molar-refractivity contribution in [3.63, 3.8) is 0 Å². The summed E-state index contributed by atoms with van der Waals surface area (Å²) in [5.74, 6) is -3.37. The first kappa shape index (κ1) is 22.8. The van der Waals surface area contributed by atoms with Crippen LogP contribution in [0.15, 0.2) is 42.5 Å². The molecule has 2 amide bonds. The van der Waals surface area contributed by atoms with Gasteiger partial charge in [0.25, 0.3) is 0 Å². The highest BCUT2D eigenvalue weighted by Gasteiger charge is 2.22. The van der Waals surface area contributed by atoms with Gasteiger partial charge < -0.3 is 29.7 Å². The van der Waals surface area contributed by atoms with Crippen LogP contribution in [-0.2, 0) is 23.8 Å². The molecule has 0 unspecified atom stereocenters. The van der Waals surface area contributed by atoms with Gasteiger partial charge in [0.2, 0.25) is 0 Å². The normalized spacial score (nSPS) is 13.1. The Morgan fingerprint density at radius 1 is 0.844 bits per heavy atom. The molecule has 0 spiro atoms. The van der Waals surface area contributed by atoms with Crippen LogP contribution in [0.3, 0.4) is 0 Å². The third kappa shape index (κ3) is 5.22. The molecule has 1 fully saturated rings. The summed E-state index contributed by atoms with van der Waals surface area (Å²) in [4.78, 5) is 51.1. The number of para-hydroxylation sites is 2. The number of hydrogen-bond donors (Lipinski definition) is 2. The van der Waals surface area contributed by atoms with Crippen LogP contribution in [0.25, 0.3) is 0 Å². The number of anilines is 3. The maximum atomic E-state index is 12.6. The molecule has 168 valence electrons. The zero-order chi connectivity index (χ0) is 23.1. The third-order valence-corrected chi connectivity index (χ3v) is 4.80. The lowest BCUT2D eigenvalue weighted by molar-refractivity contribution is -0.132. The Bertz CT molecular complexity index is 1030. The van der Waals surface area contributed by atoms with Crippen LogP contribution in [-0.4, -0.2) is 64.3 Å². The van der Waals surface area contributed by atoms with Crippen LogP contribution >= 0.6 is 0 Å². The molecule has 0 bridgehead atoms. The third-order valence-electron chi connectivity index (χ3n) is 4.80. The van der Waals surface area contributed by atoms with Gasteiger partial charge in [0, 0.05) is 13.1 Å². The molecule has 2 aromatic carbocycles. The van der Waals surface area contributed by atoms with Crippen LogP contribution in [0.2, 0.25) is 0 Å². The van der Waals surface area contributed by atoms with Crippen molar-refractivity contribution in [3.05, 3.63) is 53.6 Å². The molecule has 0 radical (unpaired) electrons. The van der Waals surface area contributed by atoms with E-state index in [4.69, 9.17) is 9.47 Å². The van der Waals surface area contributed by atoms with Crippen molar-refractivity contribution >= 4 is 40.8 Å².